The molecule has 0 saturated carbocycles. The van der Waals surface area contributed by atoms with Gasteiger partial charge in [0, 0.05) is 38.0 Å². The standard InChI is InChI=1S/C16H25N3O4/c1-2-14(15(21)18-5-7-23-8-6-18)17-16(22)19-11-3-4-12(19)10-13(20)9-11/h11-12,14H,2-10H2,1H3,(H,17,22)/t11-,12-,14+/m0/s1. The number of carbonyl (C=O) groups is 3. The van der Waals surface area contributed by atoms with Crippen molar-refractivity contribution in [3.63, 3.8) is 0 Å². The summed E-state index contributed by atoms with van der Waals surface area (Å²) >= 11 is 0. The largest absolute Gasteiger partial charge is 0.378 e. The topological polar surface area (TPSA) is 79.0 Å². The zero-order valence-electron chi connectivity index (χ0n) is 13.6. The molecule has 3 aliphatic heterocycles. The first-order chi connectivity index (χ1) is 11.1. The zero-order chi connectivity index (χ0) is 16.4. The maximum atomic E-state index is 12.6. The number of ether oxygens (including phenoxy) is 1. The van der Waals surface area contributed by atoms with E-state index in [4.69, 9.17) is 4.74 Å². The number of ketones is 1. The molecule has 3 saturated heterocycles. The van der Waals surface area contributed by atoms with Gasteiger partial charge in [-0.2, -0.15) is 0 Å². The Morgan fingerprint density at radius 1 is 1.22 bits per heavy atom. The molecule has 3 atom stereocenters. The number of hydrogen-bond acceptors (Lipinski definition) is 4. The predicted octanol–water partition coefficient (Wildman–Crippen LogP) is 0.529. The van der Waals surface area contributed by atoms with Gasteiger partial charge in [0.15, 0.2) is 0 Å². The maximum absolute atomic E-state index is 12.6. The summed E-state index contributed by atoms with van der Waals surface area (Å²) < 4.78 is 5.26. The lowest BCUT2D eigenvalue weighted by Crippen LogP contribution is -2.57. The molecule has 0 aromatic carbocycles. The van der Waals surface area contributed by atoms with E-state index in [0.29, 0.717) is 45.6 Å². The van der Waals surface area contributed by atoms with E-state index in [-0.39, 0.29) is 29.8 Å². The number of urea groups is 1. The minimum atomic E-state index is -0.502. The van der Waals surface area contributed by atoms with Gasteiger partial charge in [0.25, 0.3) is 0 Å². The Kier molecular flexibility index (Phi) is 4.84. The summed E-state index contributed by atoms with van der Waals surface area (Å²) in [6.45, 7) is 4.16. The second kappa shape index (κ2) is 6.86. The molecule has 0 aliphatic carbocycles. The molecule has 0 aromatic rings. The van der Waals surface area contributed by atoms with E-state index in [9.17, 15) is 14.4 Å². The van der Waals surface area contributed by atoms with Crippen LogP contribution in [0.2, 0.25) is 0 Å². The Bertz CT molecular complexity index is 474. The van der Waals surface area contributed by atoms with Crippen LogP contribution in [0, 0.1) is 0 Å². The van der Waals surface area contributed by atoms with Gasteiger partial charge in [-0.25, -0.2) is 4.79 Å². The average Bonchev–Trinajstić information content (AvgIpc) is 2.84. The average molecular weight is 323 g/mol. The number of Topliss-reactive ketones (excluding diaryl/α,β-unsaturated/α-hetero) is 1. The van der Waals surface area contributed by atoms with Gasteiger partial charge in [-0.05, 0) is 19.3 Å². The van der Waals surface area contributed by atoms with Crippen molar-refractivity contribution in [1.29, 1.82) is 0 Å². The molecular formula is C16H25N3O4. The number of piperidine rings is 1. The first-order valence-electron chi connectivity index (χ1n) is 8.57. The van der Waals surface area contributed by atoms with Gasteiger partial charge in [-0.3, -0.25) is 9.59 Å². The molecule has 2 bridgehead atoms. The van der Waals surface area contributed by atoms with Crippen molar-refractivity contribution in [2.45, 2.75) is 57.2 Å². The number of rotatable bonds is 3. The number of fused-ring (bicyclic) bond motifs is 2. The third-order valence-electron chi connectivity index (χ3n) is 5.11. The van der Waals surface area contributed by atoms with Crippen LogP contribution < -0.4 is 5.32 Å². The van der Waals surface area contributed by atoms with E-state index < -0.39 is 6.04 Å². The summed E-state index contributed by atoms with van der Waals surface area (Å²) in [5, 5.41) is 2.89. The molecular weight excluding hydrogens is 298 g/mol. The molecule has 3 heterocycles. The smallest absolute Gasteiger partial charge is 0.318 e. The lowest BCUT2D eigenvalue weighted by molar-refractivity contribution is -0.137. The van der Waals surface area contributed by atoms with Gasteiger partial charge < -0.3 is 19.9 Å². The molecule has 7 nitrogen and oxygen atoms in total. The van der Waals surface area contributed by atoms with Crippen molar-refractivity contribution in [2.75, 3.05) is 26.3 Å². The van der Waals surface area contributed by atoms with E-state index in [0.717, 1.165) is 12.8 Å². The van der Waals surface area contributed by atoms with Crippen molar-refractivity contribution >= 4 is 17.7 Å². The number of amides is 3. The van der Waals surface area contributed by atoms with Crippen molar-refractivity contribution in [3.8, 4) is 0 Å². The Morgan fingerprint density at radius 3 is 2.39 bits per heavy atom. The molecule has 0 unspecified atom stereocenters. The van der Waals surface area contributed by atoms with E-state index in [1.54, 1.807) is 9.80 Å². The quantitative estimate of drug-likeness (QED) is 0.822. The fourth-order valence-corrected chi connectivity index (χ4v) is 3.87. The molecule has 3 amide bonds. The monoisotopic (exact) mass is 323 g/mol. The molecule has 23 heavy (non-hydrogen) atoms. The number of nitrogens with zero attached hydrogens (tertiary/aromatic N) is 2. The highest BCUT2D eigenvalue weighted by molar-refractivity contribution is 5.89. The highest BCUT2D eigenvalue weighted by Gasteiger charge is 2.43. The second-order valence-corrected chi connectivity index (χ2v) is 6.59. The van der Waals surface area contributed by atoms with Crippen LogP contribution in [-0.4, -0.2) is 72.0 Å². The molecule has 3 fully saturated rings. The Morgan fingerprint density at radius 2 is 1.83 bits per heavy atom. The molecule has 0 radical (unpaired) electrons. The Hall–Kier alpha value is -1.63. The molecule has 7 heteroatoms. The van der Waals surface area contributed by atoms with Gasteiger partial charge in [0.1, 0.15) is 11.8 Å². The maximum Gasteiger partial charge on any atom is 0.318 e. The predicted molar refractivity (Wildman–Crippen MR) is 82.9 cm³/mol. The lowest BCUT2D eigenvalue weighted by Gasteiger charge is -2.36. The lowest BCUT2D eigenvalue weighted by atomic mass is 10.0. The van der Waals surface area contributed by atoms with E-state index in [1.807, 2.05) is 6.92 Å². The summed E-state index contributed by atoms with van der Waals surface area (Å²) in [4.78, 5) is 40.4. The van der Waals surface area contributed by atoms with Crippen LogP contribution in [0.5, 0.6) is 0 Å². The van der Waals surface area contributed by atoms with Crippen LogP contribution in [0.25, 0.3) is 0 Å². The third-order valence-corrected chi connectivity index (χ3v) is 5.11. The summed E-state index contributed by atoms with van der Waals surface area (Å²) in [7, 11) is 0. The first kappa shape index (κ1) is 16.2. The van der Waals surface area contributed by atoms with Crippen LogP contribution in [0.3, 0.4) is 0 Å². The summed E-state index contributed by atoms with van der Waals surface area (Å²) in [5.41, 5.74) is 0. The second-order valence-electron chi connectivity index (χ2n) is 6.59. The normalized spacial score (nSPS) is 28.7. The SMILES string of the molecule is CC[C@@H](NC(=O)N1[C@H]2CC[C@H]1CC(=O)C2)C(=O)N1CCOCC1. The van der Waals surface area contributed by atoms with Crippen LogP contribution in [-0.2, 0) is 14.3 Å². The molecule has 0 aromatic heterocycles. The van der Waals surface area contributed by atoms with E-state index in [1.165, 1.54) is 0 Å². The molecule has 1 N–H and O–H groups in total. The van der Waals surface area contributed by atoms with Crippen molar-refractivity contribution in [2.24, 2.45) is 0 Å². The molecule has 3 aliphatic rings. The Labute approximate surface area is 136 Å². The third kappa shape index (κ3) is 3.34. The highest BCUT2D eigenvalue weighted by atomic mass is 16.5. The Balaban J connectivity index is 1.61. The fraction of sp³-hybridized carbons (Fsp3) is 0.812. The molecule has 3 rings (SSSR count). The van der Waals surface area contributed by atoms with Gasteiger partial charge >= 0.3 is 6.03 Å². The van der Waals surface area contributed by atoms with Crippen molar-refractivity contribution in [1.82, 2.24) is 15.1 Å². The van der Waals surface area contributed by atoms with Gasteiger partial charge in [0.05, 0.1) is 13.2 Å². The van der Waals surface area contributed by atoms with Crippen LogP contribution in [0.15, 0.2) is 0 Å². The highest BCUT2D eigenvalue weighted by Crippen LogP contribution is 2.33. The zero-order valence-corrected chi connectivity index (χ0v) is 13.6. The number of nitrogens with one attached hydrogen (secondary N) is 1. The number of hydrogen-bond donors (Lipinski definition) is 1. The first-order valence-corrected chi connectivity index (χ1v) is 8.57. The fourth-order valence-electron chi connectivity index (χ4n) is 3.87. The van der Waals surface area contributed by atoms with Gasteiger partial charge in [-0.1, -0.05) is 6.92 Å². The summed E-state index contributed by atoms with van der Waals surface area (Å²) in [6, 6.07) is -0.675. The van der Waals surface area contributed by atoms with E-state index >= 15 is 0 Å². The van der Waals surface area contributed by atoms with Crippen LogP contribution in [0.1, 0.15) is 39.0 Å². The minimum absolute atomic E-state index is 0.0113. The summed E-state index contributed by atoms with van der Waals surface area (Å²) in [5.74, 6) is 0.211. The minimum Gasteiger partial charge on any atom is -0.378 e. The number of morpholine rings is 1. The van der Waals surface area contributed by atoms with Crippen LogP contribution in [0.4, 0.5) is 4.79 Å². The van der Waals surface area contributed by atoms with E-state index in [2.05, 4.69) is 5.32 Å². The van der Waals surface area contributed by atoms with Gasteiger partial charge in [-0.15, -0.1) is 0 Å². The van der Waals surface area contributed by atoms with Gasteiger partial charge in [0.2, 0.25) is 5.91 Å². The van der Waals surface area contributed by atoms with Crippen molar-refractivity contribution < 1.29 is 19.1 Å². The summed E-state index contributed by atoms with van der Waals surface area (Å²) in [6.07, 6.45) is 3.25. The molecule has 0 spiro atoms. The van der Waals surface area contributed by atoms with Crippen molar-refractivity contribution in [3.05, 3.63) is 0 Å². The van der Waals surface area contributed by atoms with Crippen LogP contribution >= 0.6 is 0 Å². The molecule has 128 valence electrons. The number of carbonyl (C=O) groups excluding carboxylic acids is 3.